The number of aryl methyl sites for hydroxylation is 1. The fourth-order valence-corrected chi connectivity index (χ4v) is 3.03. The van der Waals surface area contributed by atoms with Crippen LogP contribution in [0.5, 0.6) is 0 Å². The molecule has 0 aliphatic rings. The maximum absolute atomic E-state index is 11.7. The minimum Gasteiger partial charge on any atom is -0.479 e. The standard InChI is InChI=1S/C12H13N3O3S2/c1-7-5-13-9(20-7)6-14-12(18)15-10(11(16)17)8-3-2-4-19-8/h2-5,10H,6H2,1H3,(H,16,17)(H2,14,15,18). The van der Waals surface area contributed by atoms with Crippen molar-refractivity contribution in [3.63, 3.8) is 0 Å². The summed E-state index contributed by atoms with van der Waals surface area (Å²) in [7, 11) is 0. The van der Waals surface area contributed by atoms with Gasteiger partial charge in [-0.1, -0.05) is 6.07 Å². The van der Waals surface area contributed by atoms with Crippen LogP contribution in [0.3, 0.4) is 0 Å². The lowest BCUT2D eigenvalue weighted by Gasteiger charge is -2.13. The molecule has 2 amide bonds. The maximum atomic E-state index is 11.7. The largest absolute Gasteiger partial charge is 0.479 e. The van der Waals surface area contributed by atoms with E-state index in [0.29, 0.717) is 4.88 Å². The third kappa shape index (κ3) is 3.78. The van der Waals surface area contributed by atoms with Crippen molar-refractivity contribution in [2.45, 2.75) is 19.5 Å². The number of carboxylic acid groups (broad SMARTS) is 1. The summed E-state index contributed by atoms with van der Waals surface area (Å²) in [5.74, 6) is -1.09. The van der Waals surface area contributed by atoms with Crippen molar-refractivity contribution in [3.8, 4) is 0 Å². The van der Waals surface area contributed by atoms with Gasteiger partial charge in [0.05, 0.1) is 6.54 Å². The van der Waals surface area contributed by atoms with Crippen LogP contribution in [0.1, 0.15) is 20.8 Å². The number of nitrogens with one attached hydrogen (secondary N) is 2. The minimum atomic E-state index is -1.09. The summed E-state index contributed by atoms with van der Waals surface area (Å²) in [5, 5.41) is 16.7. The molecule has 0 bridgehead atoms. The van der Waals surface area contributed by atoms with Crippen molar-refractivity contribution in [1.82, 2.24) is 15.6 Å². The molecule has 1 unspecified atom stereocenters. The number of amides is 2. The summed E-state index contributed by atoms with van der Waals surface area (Å²) in [4.78, 5) is 28.6. The Morgan fingerprint density at radius 1 is 1.50 bits per heavy atom. The van der Waals surface area contributed by atoms with Crippen LogP contribution in [0.25, 0.3) is 0 Å². The zero-order valence-corrected chi connectivity index (χ0v) is 12.3. The normalized spacial score (nSPS) is 11.8. The molecule has 0 aromatic carbocycles. The summed E-state index contributed by atoms with van der Waals surface area (Å²) < 4.78 is 0. The number of thiophene rings is 1. The second-order valence-electron chi connectivity index (χ2n) is 3.98. The van der Waals surface area contributed by atoms with Gasteiger partial charge in [0.2, 0.25) is 0 Å². The number of urea groups is 1. The van der Waals surface area contributed by atoms with E-state index < -0.39 is 18.0 Å². The molecule has 2 aromatic rings. The van der Waals surface area contributed by atoms with E-state index >= 15 is 0 Å². The summed E-state index contributed by atoms with van der Waals surface area (Å²) in [6, 6.07) is 1.86. The summed E-state index contributed by atoms with van der Waals surface area (Å²) in [6.45, 7) is 2.21. The lowest BCUT2D eigenvalue weighted by atomic mass is 10.2. The van der Waals surface area contributed by atoms with Crippen molar-refractivity contribution in [1.29, 1.82) is 0 Å². The van der Waals surface area contributed by atoms with Gasteiger partial charge in [0.25, 0.3) is 0 Å². The highest BCUT2D eigenvalue weighted by atomic mass is 32.1. The Morgan fingerprint density at radius 3 is 2.85 bits per heavy atom. The van der Waals surface area contributed by atoms with Crippen LogP contribution in [0, 0.1) is 6.92 Å². The van der Waals surface area contributed by atoms with Crippen LogP contribution in [0.2, 0.25) is 0 Å². The molecule has 2 rings (SSSR count). The van der Waals surface area contributed by atoms with Crippen LogP contribution in [-0.4, -0.2) is 22.1 Å². The number of carboxylic acids is 1. The van der Waals surface area contributed by atoms with Gasteiger partial charge in [-0.25, -0.2) is 14.6 Å². The van der Waals surface area contributed by atoms with E-state index in [2.05, 4.69) is 15.6 Å². The first-order valence-corrected chi connectivity index (χ1v) is 7.48. The minimum absolute atomic E-state index is 0.279. The first kappa shape index (κ1) is 14.5. The van der Waals surface area contributed by atoms with Crippen LogP contribution in [-0.2, 0) is 11.3 Å². The lowest BCUT2D eigenvalue weighted by molar-refractivity contribution is -0.139. The number of hydrogen-bond acceptors (Lipinski definition) is 5. The number of nitrogens with zero attached hydrogens (tertiary/aromatic N) is 1. The molecule has 8 heteroatoms. The van der Waals surface area contributed by atoms with Gasteiger partial charge in [0, 0.05) is 16.0 Å². The molecule has 0 saturated carbocycles. The summed E-state index contributed by atoms with van der Waals surface area (Å²) in [6.07, 6.45) is 1.73. The van der Waals surface area contributed by atoms with Crippen LogP contribution < -0.4 is 10.6 Å². The number of carbonyl (C=O) groups is 2. The number of rotatable bonds is 5. The molecule has 0 fully saturated rings. The third-order valence-corrected chi connectivity index (χ3v) is 4.27. The van der Waals surface area contributed by atoms with Gasteiger partial charge in [0.15, 0.2) is 6.04 Å². The van der Waals surface area contributed by atoms with E-state index in [-0.39, 0.29) is 6.54 Å². The molecule has 0 aliphatic carbocycles. The van der Waals surface area contributed by atoms with Gasteiger partial charge in [-0.15, -0.1) is 22.7 Å². The molecule has 0 spiro atoms. The second-order valence-corrected chi connectivity index (χ2v) is 6.28. The van der Waals surface area contributed by atoms with Gasteiger partial charge in [-0.05, 0) is 18.4 Å². The Labute approximate surface area is 123 Å². The average molecular weight is 311 g/mol. The molecular weight excluding hydrogens is 298 g/mol. The quantitative estimate of drug-likeness (QED) is 0.789. The van der Waals surface area contributed by atoms with Crippen molar-refractivity contribution in [2.24, 2.45) is 0 Å². The molecule has 2 heterocycles. The van der Waals surface area contributed by atoms with E-state index in [9.17, 15) is 9.59 Å². The average Bonchev–Trinajstić information content (AvgIpc) is 3.04. The van der Waals surface area contributed by atoms with Gasteiger partial charge in [-0.3, -0.25) is 0 Å². The third-order valence-electron chi connectivity index (χ3n) is 2.42. The van der Waals surface area contributed by atoms with Gasteiger partial charge in [0.1, 0.15) is 5.01 Å². The molecule has 0 aliphatic heterocycles. The van der Waals surface area contributed by atoms with E-state index in [0.717, 1.165) is 9.88 Å². The van der Waals surface area contributed by atoms with Crippen molar-refractivity contribution in [3.05, 3.63) is 38.5 Å². The Kier molecular flexibility index (Phi) is 4.70. The number of hydrogen-bond donors (Lipinski definition) is 3. The van der Waals surface area contributed by atoms with E-state index in [1.165, 1.54) is 22.7 Å². The maximum Gasteiger partial charge on any atom is 0.331 e. The fourth-order valence-electron chi connectivity index (χ4n) is 1.53. The summed E-state index contributed by atoms with van der Waals surface area (Å²) >= 11 is 2.77. The van der Waals surface area contributed by atoms with Crippen LogP contribution in [0.15, 0.2) is 23.7 Å². The molecule has 6 nitrogen and oxygen atoms in total. The molecule has 106 valence electrons. The van der Waals surface area contributed by atoms with Gasteiger partial charge < -0.3 is 15.7 Å². The number of thiazole rings is 1. The zero-order valence-electron chi connectivity index (χ0n) is 10.6. The highest BCUT2D eigenvalue weighted by Crippen LogP contribution is 2.19. The Hall–Kier alpha value is -1.93. The molecule has 2 aromatic heterocycles. The smallest absolute Gasteiger partial charge is 0.331 e. The number of aliphatic carboxylic acids is 1. The molecule has 3 N–H and O–H groups in total. The second kappa shape index (κ2) is 6.49. The van der Waals surface area contributed by atoms with E-state index in [1.54, 1.807) is 23.7 Å². The van der Waals surface area contributed by atoms with Gasteiger partial charge in [-0.2, -0.15) is 0 Å². The first-order valence-electron chi connectivity index (χ1n) is 5.78. The van der Waals surface area contributed by atoms with Crippen molar-refractivity contribution in [2.75, 3.05) is 0 Å². The topological polar surface area (TPSA) is 91.3 Å². The SMILES string of the molecule is Cc1cnc(CNC(=O)NC(C(=O)O)c2cccs2)s1. The Bertz CT molecular complexity index is 595. The highest BCUT2D eigenvalue weighted by Gasteiger charge is 2.22. The molecule has 0 saturated heterocycles. The van der Waals surface area contributed by atoms with Gasteiger partial charge >= 0.3 is 12.0 Å². The zero-order chi connectivity index (χ0) is 14.5. The molecular formula is C12H13N3O3S2. The van der Waals surface area contributed by atoms with Crippen molar-refractivity contribution >= 4 is 34.7 Å². The Morgan fingerprint density at radius 2 is 2.30 bits per heavy atom. The van der Waals surface area contributed by atoms with Crippen LogP contribution in [0.4, 0.5) is 4.79 Å². The monoisotopic (exact) mass is 311 g/mol. The predicted octanol–water partition coefficient (Wildman–Crippen LogP) is 2.14. The van der Waals surface area contributed by atoms with Crippen molar-refractivity contribution < 1.29 is 14.7 Å². The Balaban J connectivity index is 1.90. The summed E-state index contributed by atoms with van der Waals surface area (Å²) in [5.41, 5.74) is 0. The molecule has 0 radical (unpaired) electrons. The molecule has 20 heavy (non-hydrogen) atoms. The number of aromatic nitrogens is 1. The van der Waals surface area contributed by atoms with Crippen LogP contribution >= 0.6 is 22.7 Å². The van der Waals surface area contributed by atoms with E-state index in [1.807, 2.05) is 6.92 Å². The van der Waals surface area contributed by atoms with E-state index in [4.69, 9.17) is 5.11 Å². The predicted molar refractivity (Wildman–Crippen MR) is 76.9 cm³/mol. The highest BCUT2D eigenvalue weighted by molar-refractivity contribution is 7.11. The number of carbonyl (C=O) groups excluding carboxylic acids is 1. The first-order chi connectivity index (χ1) is 9.56. The molecule has 1 atom stereocenters. The lowest BCUT2D eigenvalue weighted by Crippen LogP contribution is -2.40. The fraction of sp³-hybridized carbons (Fsp3) is 0.250.